The molecular weight excluding hydrogens is 450 g/mol. The molecule has 1 amide bonds. The highest BCUT2D eigenvalue weighted by Crippen LogP contribution is 2.18. The number of carbonyl (C=O) groups is 1. The second kappa shape index (κ2) is 11.2. The molecule has 0 radical (unpaired) electrons. The summed E-state index contributed by atoms with van der Waals surface area (Å²) in [5, 5.41) is 5.02. The fourth-order valence-electron chi connectivity index (χ4n) is 3.26. The van der Waals surface area contributed by atoms with Crippen LogP contribution in [0.3, 0.4) is 0 Å². The Kier molecular flexibility index (Phi) is 7.67. The minimum Gasteiger partial charge on any atom is -0.497 e. The fourth-order valence-corrected chi connectivity index (χ4v) is 4.08. The number of hydrogen-bond donors (Lipinski definition) is 1. The smallest absolute Gasteiger partial charge is 0.262 e. The van der Waals surface area contributed by atoms with Gasteiger partial charge >= 0.3 is 0 Å². The predicted octanol–water partition coefficient (Wildman–Crippen LogP) is 3.29. The van der Waals surface area contributed by atoms with Crippen molar-refractivity contribution in [3.05, 3.63) is 94.5 Å². The number of fused-ring (bicyclic) bond motifs is 1. The number of hydrazone groups is 1. The summed E-state index contributed by atoms with van der Waals surface area (Å²) in [6.07, 6.45) is 3.86. The van der Waals surface area contributed by atoms with Crippen LogP contribution in [-0.4, -0.2) is 39.5 Å². The maximum atomic E-state index is 13.1. The summed E-state index contributed by atoms with van der Waals surface area (Å²) < 4.78 is 6.73. The number of nitrogens with zero attached hydrogens (tertiary/aromatic N) is 4. The lowest BCUT2D eigenvalue weighted by Gasteiger charge is -2.12. The lowest BCUT2D eigenvalue weighted by atomic mass is 10.2. The highest BCUT2D eigenvalue weighted by atomic mass is 32.2. The van der Waals surface area contributed by atoms with Gasteiger partial charge in [-0.3, -0.25) is 19.1 Å². The van der Waals surface area contributed by atoms with Crippen LogP contribution in [0.5, 0.6) is 5.75 Å². The standard InChI is InChI=1S/C25H23N5O3S/c1-33-20-11-9-18(10-12-20)16-27-29-23(31)17-34-25-28-22-8-3-2-7-21(22)24(32)30(25)15-13-19-6-4-5-14-26-19/h2-12,14,16H,13,15,17H2,1H3,(H,29,31)/b27-16+. The Morgan fingerprint density at radius 1 is 1.12 bits per heavy atom. The Morgan fingerprint density at radius 3 is 2.68 bits per heavy atom. The van der Waals surface area contributed by atoms with E-state index in [1.54, 1.807) is 36.2 Å². The third-order valence-corrected chi connectivity index (χ3v) is 5.97. The van der Waals surface area contributed by atoms with E-state index in [1.165, 1.54) is 11.8 Å². The number of benzene rings is 2. The monoisotopic (exact) mass is 473 g/mol. The number of carbonyl (C=O) groups excluding carboxylic acids is 1. The van der Waals surface area contributed by atoms with Gasteiger partial charge in [0, 0.05) is 24.9 Å². The first kappa shape index (κ1) is 23.2. The quantitative estimate of drug-likeness (QED) is 0.173. The van der Waals surface area contributed by atoms with Crippen molar-refractivity contribution in [3.63, 3.8) is 0 Å². The highest BCUT2D eigenvalue weighted by Gasteiger charge is 2.13. The Bertz CT molecular complexity index is 1350. The summed E-state index contributed by atoms with van der Waals surface area (Å²) in [7, 11) is 1.60. The van der Waals surface area contributed by atoms with Crippen LogP contribution in [0.1, 0.15) is 11.3 Å². The molecule has 0 spiro atoms. The lowest BCUT2D eigenvalue weighted by molar-refractivity contribution is -0.118. The van der Waals surface area contributed by atoms with Crippen LogP contribution in [0.2, 0.25) is 0 Å². The molecule has 2 heterocycles. The number of nitrogens with one attached hydrogen (secondary N) is 1. The first-order valence-corrected chi connectivity index (χ1v) is 11.6. The van der Waals surface area contributed by atoms with E-state index in [0.29, 0.717) is 29.0 Å². The lowest BCUT2D eigenvalue weighted by Crippen LogP contribution is -2.26. The van der Waals surface area contributed by atoms with E-state index in [2.05, 4.69) is 20.5 Å². The number of aryl methyl sites for hydroxylation is 1. The van der Waals surface area contributed by atoms with Gasteiger partial charge in [0.05, 0.1) is 30.0 Å². The number of rotatable bonds is 9. The Hall–Kier alpha value is -3.98. The molecular formula is C25H23N5O3S. The number of pyridine rings is 1. The molecule has 172 valence electrons. The van der Waals surface area contributed by atoms with Crippen molar-refractivity contribution in [2.45, 2.75) is 18.1 Å². The molecule has 1 N–H and O–H groups in total. The molecule has 0 aliphatic rings. The second-order valence-electron chi connectivity index (χ2n) is 7.29. The summed E-state index contributed by atoms with van der Waals surface area (Å²) in [6, 6.07) is 20.2. The number of thioether (sulfide) groups is 1. The molecule has 0 bridgehead atoms. The largest absolute Gasteiger partial charge is 0.497 e. The van der Waals surface area contributed by atoms with Crippen LogP contribution >= 0.6 is 11.8 Å². The molecule has 0 aliphatic heterocycles. The molecule has 8 nitrogen and oxygen atoms in total. The minimum absolute atomic E-state index is 0.0638. The molecule has 4 aromatic rings. The second-order valence-corrected chi connectivity index (χ2v) is 8.24. The average molecular weight is 474 g/mol. The first-order valence-electron chi connectivity index (χ1n) is 10.6. The SMILES string of the molecule is COc1ccc(/C=N/NC(=O)CSc2nc3ccccc3c(=O)n2CCc2ccccn2)cc1. The Balaban J connectivity index is 1.45. The molecule has 9 heteroatoms. The van der Waals surface area contributed by atoms with Gasteiger partial charge in [-0.05, 0) is 54.1 Å². The van der Waals surface area contributed by atoms with Gasteiger partial charge in [0.25, 0.3) is 11.5 Å². The molecule has 0 aliphatic carbocycles. The molecule has 0 saturated heterocycles. The number of hydrogen-bond acceptors (Lipinski definition) is 7. The fraction of sp³-hybridized carbons (Fsp3) is 0.160. The average Bonchev–Trinajstić information content (AvgIpc) is 2.88. The number of para-hydroxylation sites is 1. The third kappa shape index (κ3) is 5.87. The van der Waals surface area contributed by atoms with Gasteiger partial charge in [0.2, 0.25) is 0 Å². The summed E-state index contributed by atoms with van der Waals surface area (Å²) >= 11 is 1.20. The van der Waals surface area contributed by atoms with E-state index >= 15 is 0 Å². The number of aromatic nitrogens is 3. The van der Waals surface area contributed by atoms with Crippen molar-refractivity contribution in [2.75, 3.05) is 12.9 Å². The minimum atomic E-state index is -0.298. The third-order valence-electron chi connectivity index (χ3n) is 5.00. The van der Waals surface area contributed by atoms with Gasteiger partial charge < -0.3 is 4.74 Å². The molecule has 2 aromatic heterocycles. The first-order chi connectivity index (χ1) is 16.6. The summed E-state index contributed by atoms with van der Waals surface area (Å²) in [5.41, 5.74) is 4.68. The summed E-state index contributed by atoms with van der Waals surface area (Å²) in [4.78, 5) is 34.5. The molecule has 0 fully saturated rings. The van der Waals surface area contributed by atoms with Crippen LogP contribution in [0.4, 0.5) is 0 Å². The maximum absolute atomic E-state index is 13.1. The van der Waals surface area contributed by atoms with Crippen molar-refractivity contribution in [1.82, 2.24) is 20.0 Å². The van der Waals surface area contributed by atoms with Crippen molar-refractivity contribution in [1.29, 1.82) is 0 Å². The highest BCUT2D eigenvalue weighted by molar-refractivity contribution is 7.99. The Morgan fingerprint density at radius 2 is 1.91 bits per heavy atom. The summed E-state index contributed by atoms with van der Waals surface area (Å²) in [5.74, 6) is 0.511. The zero-order chi connectivity index (χ0) is 23.8. The van der Waals surface area contributed by atoms with Crippen LogP contribution in [-0.2, 0) is 17.8 Å². The van der Waals surface area contributed by atoms with E-state index in [9.17, 15) is 9.59 Å². The van der Waals surface area contributed by atoms with E-state index in [0.717, 1.165) is 17.0 Å². The van der Waals surface area contributed by atoms with Gasteiger partial charge in [-0.15, -0.1) is 0 Å². The number of amides is 1. The van der Waals surface area contributed by atoms with Crippen molar-refractivity contribution in [3.8, 4) is 5.75 Å². The summed E-state index contributed by atoms with van der Waals surface area (Å²) in [6.45, 7) is 0.410. The van der Waals surface area contributed by atoms with E-state index < -0.39 is 0 Å². The van der Waals surface area contributed by atoms with Gasteiger partial charge in [-0.1, -0.05) is 30.0 Å². The molecule has 0 atom stereocenters. The normalized spacial score (nSPS) is 11.1. The van der Waals surface area contributed by atoms with Crippen LogP contribution in [0.25, 0.3) is 10.9 Å². The maximum Gasteiger partial charge on any atom is 0.262 e. The zero-order valence-corrected chi connectivity index (χ0v) is 19.4. The molecule has 34 heavy (non-hydrogen) atoms. The van der Waals surface area contributed by atoms with Crippen LogP contribution in [0, 0.1) is 0 Å². The predicted molar refractivity (Wildman–Crippen MR) is 133 cm³/mol. The van der Waals surface area contributed by atoms with Crippen LogP contribution < -0.4 is 15.7 Å². The molecule has 4 rings (SSSR count). The zero-order valence-electron chi connectivity index (χ0n) is 18.5. The number of ether oxygens (including phenoxy) is 1. The van der Waals surface area contributed by atoms with Gasteiger partial charge in [-0.2, -0.15) is 5.10 Å². The van der Waals surface area contributed by atoms with Crippen molar-refractivity contribution < 1.29 is 9.53 Å². The molecule has 0 unspecified atom stereocenters. The van der Waals surface area contributed by atoms with Gasteiger partial charge in [0.1, 0.15) is 5.75 Å². The van der Waals surface area contributed by atoms with Crippen molar-refractivity contribution >= 4 is 34.8 Å². The van der Waals surface area contributed by atoms with E-state index in [-0.39, 0.29) is 17.2 Å². The van der Waals surface area contributed by atoms with Crippen molar-refractivity contribution in [2.24, 2.45) is 5.10 Å². The van der Waals surface area contributed by atoms with E-state index in [4.69, 9.17) is 4.74 Å². The van der Waals surface area contributed by atoms with Gasteiger partial charge in [-0.25, -0.2) is 10.4 Å². The molecule has 2 aromatic carbocycles. The van der Waals surface area contributed by atoms with Gasteiger partial charge in [0.15, 0.2) is 5.16 Å². The Labute approximate surface area is 200 Å². The number of methoxy groups -OCH3 is 1. The van der Waals surface area contributed by atoms with Crippen LogP contribution in [0.15, 0.2) is 88.0 Å². The molecule has 0 saturated carbocycles. The topological polar surface area (TPSA) is 98.5 Å². The van der Waals surface area contributed by atoms with E-state index in [1.807, 2.05) is 54.6 Å².